The number of nitrogens with zero attached hydrogens (tertiary/aromatic N) is 4. The Morgan fingerprint density at radius 1 is 0.980 bits per heavy atom. The number of hydrogen-bond acceptors (Lipinski definition) is 8. The van der Waals surface area contributed by atoms with Crippen LogP contribution in [0.4, 0.5) is 5.95 Å². The van der Waals surface area contributed by atoms with E-state index in [0.29, 0.717) is 39.3 Å². The van der Waals surface area contributed by atoms with E-state index >= 15 is 0 Å². The summed E-state index contributed by atoms with van der Waals surface area (Å²) in [5.74, 6) is 1.81. The van der Waals surface area contributed by atoms with Crippen molar-refractivity contribution in [2.24, 2.45) is 0 Å². The Morgan fingerprint density at radius 3 is 2.35 bits per heavy atom. The summed E-state index contributed by atoms with van der Waals surface area (Å²) in [4.78, 5) is 31.5. The molecular weight excluding hydrogens is 687 g/mol. The van der Waals surface area contributed by atoms with Gasteiger partial charge in [0.15, 0.2) is 11.5 Å². The molecule has 0 spiro atoms. The second-order valence-corrected chi connectivity index (χ2v) is 13.6. The minimum atomic E-state index is -0.278. The van der Waals surface area contributed by atoms with Gasteiger partial charge in [-0.3, -0.25) is 14.7 Å². The lowest BCUT2D eigenvalue weighted by molar-refractivity contribution is 0.0200. The molecule has 3 aromatic carbocycles. The summed E-state index contributed by atoms with van der Waals surface area (Å²) in [6.07, 6.45) is 4.74. The van der Waals surface area contributed by atoms with Crippen LogP contribution in [0, 0.1) is 0 Å². The van der Waals surface area contributed by atoms with E-state index in [1.165, 1.54) is 0 Å². The Morgan fingerprint density at radius 2 is 1.73 bits per heavy atom. The molecule has 10 nitrogen and oxygen atoms in total. The Kier molecular flexibility index (Phi) is 11.5. The molecule has 1 saturated heterocycles. The second-order valence-electron chi connectivity index (χ2n) is 12.8. The molecular formula is C39H44Cl2N6O4. The van der Waals surface area contributed by atoms with Gasteiger partial charge in [-0.05, 0) is 72.9 Å². The standard InChI is InChI=1S/C39H44Cl2N6O4/c1-6-29(24-13-14-30(40)31(41)21-24)37(46(2)38(48)26-22-33(49-3)36(51-5)34(23-26)50-4)47-18-15-27(16-19-47)43-39-44-32-12-9-10-25(35(32)45-39)20-28-11-7-8-17-42-28/h7-14,17,21-23,27,29,37H,6,15-16,18-20H2,1-5H3,(H2,43,44,45). The number of rotatable bonds is 13. The van der Waals surface area contributed by atoms with Crippen molar-refractivity contribution >= 4 is 46.1 Å². The molecule has 12 heteroatoms. The topological polar surface area (TPSA) is 105 Å². The number of piperidine rings is 1. The number of ether oxygens (including phenoxy) is 3. The van der Waals surface area contributed by atoms with Crippen LogP contribution < -0.4 is 19.5 Å². The first-order valence-corrected chi connectivity index (χ1v) is 17.9. The Balaban J connectivity index is 1.24. The smallest absolute Gasteiger partial charge is 0.255 e. The normalized spacial score (nSPS) is 15.0. The number of anilines is 1. The summed E-state index contributed by atoms with van der Waals surface area (Å²) in [6, 6.07) is 21.5. The number of fused-ring (bicyclic) bond motifs is 1. The minimum Gasteiger partial charge on any atom is -0.493 e. The number of methoxy groups -OCH3 is 3. The van der Waals surface area contributed by atoms with Crippen molar-refractivity contribution in [2.45, 2.75) is 50.7 Å². The lowest BCUT2D eigenvalue weighted by Crippen LogP contribution is -2.55. The van der Waals surface area contributed by atoms with Crippen LogP contribution in [-0.4, -0.2) is 84.3 Å². The highest BCUT2D eigenvalue weighted by atomic mass is 35.5. The van der Waals surface area contributed by atoms with E-state index in [1.807, 2.05) is 54.5 Å². The molecule has 51 heavy (non-hydrogen) atoms. The van der Waals surface area contributed by atoms with Gasteiger partial charge in [-0.2, -0.15) is 0 Å². The number of likely N-dealkylation sites (tertiary alicyclic amines) is 1. The van der Waals surface area contributed by atoms with Gasteiger partial charge < -0.3 is 29.4 Å². The maximum atomic E-state index is 14.3. The maximum Gasteiger partial charge on any atom is 0.255 e. The second kappa shape index (κ2) is 16.2. The molecule has 0 bridgehead atoms. The zero-order valence-corrected chi connectivity index (χ0v) is 31.1. The summed E-state index contributed by atoms with van der Waals surface area (Å²) in [5, 5.41) is 4.65. The Labute approximate surface area is 309 Å². The number of halogens is 2. The zero-order chi connectivity index (χ0) is 36.1. The number of carbonyl (C=O) groups is 1. The van der Waals surface area contributed by atoms with E-state index in [9.17, 15) is 4.79 Å². The highest BCUT2D eigenvalue weighted by Crippen LogP contribution is 2.40. The molecule has 2 aromatic heterocycles. The lowest BCUT2D eigenvalue weighted by Gasteiger charge is -2.45. The van der Waals surface area contributed by atoms with Gasteiger partial charge in [0, 0.05) is 56.0 Å². The summed E-state index contributed by atoms with van der Waals surface area (Å²) < 4.78 is 16.6. The van der Waals surface area contributed by atoms with Crippen LogP contribution >= 0.6 is 23.2 Å². The van der Waals surface area contributed by atoms with Crippen LogP contribution in [-0.2, 0) is 6.42 Å². The fourth-order valence-corrected chi connectivity index (χ4v) is 7.47. The van der Waals surface area contributed by atoms with Crippen molar-refractivity contribution in [3.8, 4) is 17.2 Å². The molecule has 5 aromatic rings. The third kappa shape index (κ3) is 7.88. The SMILES string of the molecule is CCC(c1ccc(Cl)c(Cl)c1)C(N1CCC(Nc2nc3c(Cc4ccccn4)cccc3[nH]2)CC1)N(C)C(=O)c1cc(OC)c(OC)c(OC)c1. The van der Waals surface area contributed by atoms with Gasteiger partial charge in [-0.15, -0.1) is 0 Å². The quantitative estimate of drug-likeness (QED) is 0.125. The van der Waals surface area contributed by atoms with Gasteiger partial charge in [0.2, 0.25) is 11.7 Å². The number of pyridine rings is 1. The van der Waals surface area contributed by atoms with Crippen molar-refractivity contribution in [3.05, 3.63) is 105 Å². The highest BCUT2D eigenvalue weighted by Gasteiger charge is 2.37. The third-order valence-corrected chi connectivity index (χ3v) is 10.5. The van der Waals surface area contributed by atoms with Crippen molar-refractivity contribution < 1.29 is 19.0 Å². The monoisotopic (exact) mass is 730 g/mol. The average Bonchev–Trinajstić information content (AvgIpc) is 3.58. The number of amides is 1. The molecule has 2 unspecified atom stereocenters. The van der Waals surface area contributed by atoms with Gasteiger partial charge in [0.1, 0.15) is 0 Å². The number of benzene rings is 3. The predicted octanol–water partition coefficient (Wildman–Crippen LogP) is 8.05. The van der Waals surface area contributed by atoms with Crippen LogP contribution in [0.1, 0.15) is 59.3 Å². The number of H-pyrrole nitrogens is 1. The summed E-state index contributed by atoms with van der Waals surface area (Å²) in [6.45, 7) is 3.66. The van der Waals surface area contributed by atoms with E-state index < -0.39 is 0 Å². The molecule has 1 fully saturated rings. The molecule has 1 aliphatic heterocycles. The van der Waals surface area contributed by atoms with Crippen molar-refractivity contribution in [2.75, 3.05) is 46.8 Å². The first-order chi connectivity index (χ1) is 24.7. The summed E-state index contributed by atoms with van der Waals surface area (Å²) >= 11 is 12.9. The van der Waals surface area contributed by atoms with Gasteiger partial charge in [-0.25, -0.2) is 4.98 Å². The average molecular weight is 732 g/mol. The molecule has 0 saturated carbocycles. The van der Waals surface area contributed by atoms with E-state index in [0.717, 1.165) is 66.2 Å². The fraction of sp³-hybridized carbons (Fsp3) is 0.359. The molecule has 1 aliphatic rings. The first kappa shape index (κ1) is 36.3. The van der Waals surface area contributed by atoms with Crippen molar-refractivity contribution in [1.29, 1.82) is 0 Å². The number of carbonyl (C=O) groups excluding carboxylic acids is 1. The third-order valence-electron chi connectivity index (χ3n) is 9.74. The number of imidazole rings is 1. The van der Waals surface area contributed by atoms with Crippen molar-refractivity contribution in [3.63, 3.8) is 0 Å². The van der Waals surface area contributed by atoms with Crippen molar-refractivity contribution in [1.82, 2.24) is 24.8 Å². The molecule has 6 rings (SSSR count). The molecule has 3 heterocycles. The Bertz CT molecular complexity index is 1940. The first-order valence-electron chi connectivity index (χ1n) is 17.1. The van der Waals surface area contributed by atoms with E-state index in [2.05, 4.69) is 45.3 Å². The largest absolute Gasteiger partial charge is 0.493 e. The number of likely N-dealkylation sites (N-methyl/N-ethyl adjacent to an activating group) is 1. The van der Waals surface area contributed by atoms with Crippen LogP contribution in [0.25, 0.3) is 11.0 Å². The number of nitrogens with one attached hydrogen (secondary N) is 2. The summed E-state index contributed by atoms with van der Waals surface area (Å²) in [5.41, 5.74) is 5.52. The summed E-state index contributed by atoms with van der Waals surface area (Å²) in [7, 11) is 6.48. The molecule has 2 N–H and O–H groups in total. The van der Waals surface area contributed by atoms with Crippen LogP contribution in [0.5, 0.6) is 17.2 Å². The zero-order valence-electron chi connectivity index (χ0n) is 29.6. The van der Waals surface area contributed by atoms with Gasteiger partial charge in [0.05, 0.1) is 48.6 Å². The molecule has 0 radical (unpaired) electrons. The molecule has 1 amide bonds. The van der Waals surface area contributed by atoms with Gasteiger partial charge >= 0.3 is 0 Å². The van der Waals surface area contributed by atoms with E-state index in [-0.39, 0.29) is 24.0 Å². The number of hydrogen-bond donors (Lipinski definition) is 2. The minimum absolute atomic E-state index is 0.0480. The number of aromatic nitrogens is 3. The van der Waals surface area contributed by atoms with Gasteiger partial charge in [0.25, 0.3) is 5.91 Å². The molecule has 0 aliphatic carbocycles. The number of para-hydroxylation sites is 1. The Hall–Kier alpha value is -4.51. The molecule has 268 valence electrons. The van der Waals surface area contributed by atoms with E-state index in [1.54, 1.807) is 33.5 Å². The lowest BCUT2D eigenvalue weighted by atomic mass is 9.90. The molecule has 2 atom stereocenters. The number of aromatic amines is 1. The van der Waals surface area contributed by atoms with Crippen LogP contribution in [0.3, 0.4) is 0 Å². The van der Waals surface area contributed by atoms with Crippen LogP contribution in [0.2, 0.25) is 10.0 Å². The fourth-order valence-electron chi connectivity index (χ4n) is 7.16. The maximum absolute atomic E-state index is 14.3. The van der Waals surface area contributed by atoms with Gasteiger partial charge in [-0.1, -0.05) is 54.4 Å². The van der Waals surface area contributed by atoms with Crippen LogP contribution in [0.15, 0.2) is 72.9 Å². The van der Waals surface area contributed by atoms with E-state index in [4.69, 9.17) is 42.4 Å². The highest BCUT2D eigenvalue weighted by molar-refractivity contribution is 6.42. The predicted molar refractivity (Wildman–Crippen MR) is 203 cm³/mol.